The summed E-state index contributed by atoms with van der Waals surface area (Å²) in [7, 11) is 0. The van der Waals surface area contributed by atoms with E-state index in [9.17, 15) is 0 Å². The molecule has 1 nitrogen and oxygen atoms in total. The van der Waals surface area contributed by atoms with Gasteiger partial charge in [-0.1, -0.05) is 57.6 Å². The van der Waals surface area contributed by atoms with Crippen LogP contribution in [0.25, 0.3) is 0 Å². The van der Waals surface area contributed by atoms with Crippen molar-refractivity contribution in [3.05, 3.63) is 35.5 Å². The van der Waals surface area contributed by atoms with E-state index in [2.05, 4.69) is 53.3 Å². The Balaban J connectivity index is 1.94. The quantitative estimate of drug-likeness (QED) is 0.646. The van der Waals surface area contributed by atoms with Gasteiger partial charge in [0, 0.05) is 5.41 Å². The van der Waals surface area contributed by atoms with E-state index in [-0.39, 0.29) is 11.0 Å². The van der Waals surface area contributed by atoms with E-state index in [1.807, 2.05) is 0 Å². The maximum Gasteiger partial charge on any atom is 0.0602 e. The summed E-state index contributed by atoms with van der Waals surface area (Å²) in [4.78, 5) is 0. The molecule has 0 saturated heterocycles. The standard InChI is InChI=1S/C22H33N/c1-7-16-11-17-10-14(2)12-21(17)9-8-20(6)18(19(20,4)5)22(23,13-16)15(21)3/h12-13,17-18H,3,7-11,23H2,1-2,4-6H3. The fourth-order valence-corrected chi connectivity index (χ4v) is 7.04. The third-order valence-electron chi connectivity index (χ3n) is 8.57. The van der Waals surface area contributed by atoms with Gasteiger partial charge in [0.25, 0.3) is 0 Å². The molecular formula is C22H33N. The van der Waals surface area contributed by atoms with E-state index < -0.39 is 0 Å². The number of hydrogen-bond donors (Lipinski definition) is 1. The van der Waals surface area contributed by atoms with Gasteiger partial charge in [0.1, 0.15) is 0 Å². The Labute approximate surface area is 142 Å². The number of rotatable bonds is 1. The smallest absolute Gasteiger partial charge is 0.0602 e. The topological polar surface area (TPSA) is 26.0 Å². The zero-order valence-corrected chi connectivity index (χ0v) is 15.6. The van der Waals surface area contributed by atoms with E-state index >= 15 is 0 Å². The maximum absolute atomic E-state index is 7.25. The first-order chi connectivity index (χ1) is 10.6. The Hall–Kier alpha value is -0.820. The summed E-state index contributed by atoms with van der Waals surface area (Å²) in [6.07, 6.45) is 11.1. The zero-order valence-electron chi connectivity index (χ0n) is 15.6. The van der Waals surface area contributed by atoms with Crippen molar-refractivity contribution in [2.75, 3.05) is 0 Å². The van der Waals surface area contributed by atoms with Crippen LogP contribution in [-0.2, 0) is 0 Å². The van der Waals surface area contributed by atoms with E-state index in [1.165, 1.54) is 31.3 Å². The molecule has 2 saturated carbocycles. The molecular weight excluding hydrogens is 278 g/mol. The average Bonchev–Trinajstić information content (AvgIpc) is 2.81. The lowest BCUT2D eigenvalue weighted by molar-refractivity contribution is 0.236. The highest BCUT2D eigenvalue weighted by molar-refractivity contribution is 5.49. The third-order valence-corrected chi connectivity index (χ3v) is 8.57. The van der Waals surface area contributed by atoms with Gasteiger partial charge in [-0.2, -0.15) is 0 Å². The van der Waals surface area contributed by atoms with Gasteiger partial charge in [-0.3, -0.25) is 0 Å². The normalized spacial score (nSPS) is 50.3. The molecule has 1 heteroatoms. The van der Waals surface area contributed by atoms with Gasteiger partial charge in [-0.25, -0.2) is 0 Å². The summed E-state index contributed by atoms with van der Waals surface area (Å²) in [5, 5.41) is 0. The van der Waals surface area contributed by atoms with Crippen molar-refractivity contribution < 1.29 is 0 Å². The van der Waals surface area contributed by atoms with Gasteiger partial charge in [0.05, 0.1) is 5.54 Å². The molecule has 0 aromatic heterocycles. The fourth-order valence-electron chi connectivity index (χ4n) is 7.04. The summed E-state index contributed by atoms with van der Waals surface area (Å²) in [6, 6.07) is 0. The first kappa shape index (κ1) is 15.7. The maximum atomic E-state index is 7.25. The minimum atomic E-state index is -0.323. The molecule has 0 aliphatic heterocycles. The lowest BCUT2D eigenvalue weighted by Gasteiger charge is -2.42. The summed E-state index contributed by atoms with van der Waals surface area (Å²) in [6.45, 7) is 16.6. The molecule has 126 valence electrons. The monoisotopic (exact) mass is 311 g/mol. The van der Waals surface area contributed by atoms with E-state index in [0.717, 1.165) is 6.42 Å². The Morgan fingerprint density at radius 3 is 2.52 bits per heavy atom. The average molecular weight is 312 g/mol. The first-order valence-electron chi connectivity index (χ1n) is 9.49. The van der Waals surface area contributed by atoms with Gasteiger partial charge in [0.15, 0.2) is 0 Å². The predicted molar refractivity (Wildman–Crippen MR) is 98.0 cm³/mol. The molecule has 0 amide bonds. The Kier molecular flexibility index (Phi) is 2.88. The van der Waals surface area contributed by atoms with Crippen LogP contribution in [0.15, 0.2) is 35.5 Å². The van der Waals surface area contributed by atoms with Crippen molar-refractivity contribution in [1.82, 2.24) is 0 Å². The molecule has 2 bridgehead atoms. The highest BCUT2D eigenvalue weighted by atomic mass is 14.9. The highest BCUT2D eigenvalue weighted by Gasteiger charge is 2.76. The summed E-state index contributed by atoms with van der Waals surface area (Å²) in [5.41, 5.74) is 12.2. The molecule has 5 atom stereocenters. The lowest BCUT2D eigenvalue weighted by atomic mass is 9.64. The summed E-state index contributed by atoms with van der Waals surface area (Å²) < 4.78 is 0. The van der Waals surface area contributed by atoms with Crippen LogP contribution in [0, 0.1) is 28.1 Å². The fraction of sp³-hybridized carbons (Fsp3) is 0.727. The van der Waals surface area contributed by atoms with Gasteiger partial charge in [0.2, 0.25) is 0 Å². The van der Waals surface area contributed by atoms with Crippen LogP contribution in [0.2, 0.25) is 0 Å². The highest BCUT2D eigenvalue weighted by Crippen LogP contribution is 2.79. The first-order valence-corrected chi connectivity index (χ1v) is 9.49. The molecule has 0 heterocycles. The van der Waals surface area contributed by atoms with Crippen LogP contribution < -0.4 is 5.73 Å². The molecule has 2 N–H and O–H groups in total. The SMILES string of the molecule is C=C1C2(N)C=C(CC)CC3CC(C)=CC13CCC1(C)C2C1(C)C. The second-order valence-electron chi connectivity index (χ2n) is 9.78. The lowest BCUT2D eigenvalue weighted by Crippen LogP contribution is -2.48. The Morgan fingerprint density at radius 2 is 1.87 bits per heavy atom. The second-order valence-corrected chi connectivity index (χ2v) is 9.78. The molecule has 0 aromatic carbocycles. The molecule has 4 aliphatic carbocycles. The van der Waals surface area contributed by atoms with Crippen LogP contribution >= 0.6 is 0 Å². The molecule has 23 heavy (non-hydrogen) atoms. The molecule has 1 spiro atoms. The molecule has 4 rings (SSSR count). The van der Waals surface area contributed by atoms with Crippen LogP contribution in [0.5, 0.6) is 0 Å². The third kappa shape index (κ3) is 1.63. The van der Waals surface area contributed by atoms with Crippen molar-refractivity contribution in [2.45, 2.75) is 72.3 Å². The Morgan fingerprint density at radius 1 is 1.17 bits per heavy atom. The minimum Gasteiger partial charge on any atom is -0.318 e. The van der Waals surface area contributed by atoms with Crippen molar-refractivity contribution >= 4 is 0 Å². The van der Waals surface area contributed by atoms with Gasteiger partial charge >= 0.3 is 0 Å². The largest absolute Gasteiger partial charge is 0.318 e. The number of fused-ring (bicyclic) bond motifs is 3. The molecule has 5 unspecified atom stereocenters. The van der Waals surface area contributed by atoms with Crippen molar-refractivity contribution in [1.29, 1.82) is 0 Å². The summed E-state index contributed by atoms with van der Waals surface area (Å²) in [5.74, 6) is 1.22. The zero-order chi connectivity index (χ0) is 16.8. The van der Waals surface area contributed by atoms with Crippen LogP contribution in [0.1, 0.15) is 66.7 Å². The van der Waals surface area contributed by atoms with Crippen LogP contribution in [0.3, 0.4) is 0 Å². The van der Waals surface area contributed by atoms with Crippen molar-refractivity contribution in [3.8, 4) is 0 Å². The van der Waals surface area contributed by atoms with Crippen molar-refractivity contribution in [3.63, 3.8) is 0 Å². The number of allylic oxidation sites excluding steroid dienone is 3. The van der Waals surface area contributed by atoms with Crippen molar-refractivity contribution in [2.24, 2.45) is 33.8 Å². The predicted octanol–water partition coefficient (Wildman–Crippen LogP) is 5.39. The molecule has 2 fully saturated rings. The Bertz CT molecular complexity index is 651. The minimum absolute atomic E-state index is 0.152. The molecule has 0 aromatic rings. The van der Waals surface area contributed by atoms with E-state index in [1.54, 1.807) is 11.1 Å². The second kappa shape index (κ2) is 4.23. The number of nitrogens with two attached hydrogens (primary N) is 1. The van der Waals surface area contributed by atoms with E-state index in [0.29, 0.717) is 22.7 Å². The molecule has 4 aliphatic rings. The van der Waals surface area contributed by atoms with E-state index in [4.69, 9.17) is 5.73 Å². The van der Waals surface area contributed by atoms with Crippen LogP contribution in [-0.4, -0.2) is 5.54 Å². The summed E-state index contributed by atoms with van der Waals surface area (Å²) >= 11 is 0. The van der Waals surface area contributed by atoms with Gasteiger partial charge < -0.3 is 5.73 Å². The molecule has 0 radical (unpaired) electrons. The number of hydrogen-bond acceptors (Lipinski definition) is 1. The van der Waals surface area contributed by atoms with Gasteiger partial charge in [-0.05, 0) is 67.3 Å². The van der Waals surface area contributed by atoms with Crippen LogP contribution in [0.4, 0.5) is 0 Å². The van der Waals surface area contributed by atoms with Gasteiger partial charge in [-0.15, -0.1) is 0 Å².